The van der Waals surface area contributed by atoms with Crippen LogP contribution in [0, 0.1) is 5.92 Å². The van der Waals surface area contributed by atoms with Crippen LogP contribution in [0.4, 0.5) is 0 Å². The summed E-state index contributed by atoms with van der Waals surface area (Å²) in [4.78, 5) is 11.3. The van der Waals surface area contributed by atoms with Gasteiger partial charge >= 0.3 is 0 Å². The number of carbonyl (C=O) groups is 1. The van der Waals surface area contributed by atoms with Crippen molar-refractivity contribution < 1.29 is 30.0 Å². The Kier molecular flexibility index (Phi) is 11.3. The minimum absolute atomic E-state index is 0.00405. The molecule has 0 saturated heterocycles. The van der Waals surface area contributed by atoms with Crippen LogP contribution in [0.3, 0.4) is 0 Å². The lowest BCUT2D eigenvalue weighted by Crippen LogP contribution is -2.25. The van der Waals surface area contributed by atoms with Crippen LogP contribution in [-0.2, 0) is 0 Å². The Labute approximate surface area is 168 Å². The molecule has 4 N–H and O–H groups in total. The molecule has 0 bridgehead atoms. The third-order valence-corrected chi connectivity index (χ3v) is 4.98. The standard InChI is InChI=1S/C22H36O6/c1-15(14-28-21-11-5-18(6-12-21)17(3)24)22(27)13-10-20(26)9-8-19(25)7-4-16(2)23/h5-6,11-12,15-16,19-20,22-23,25-27H,4,7-10,13-14H2,1-3H3/t15-,16-,19-,20-,22-/m0/s1. The largest absolute Gasteiger partial charge is 0.493 e. The summed E-state index contributed by atoms with van der Waals surface area (Å²) < 4.78 is 5.67. The lowest BCUT2D eigenvalue weighted by Gasteiger charge is -2.21. The van der Waals surface area contributed by atoms with Gasteiger partial charge in [0.25, 0.3) is 0 Å². The van der Waals surface area contributed by atoms with Gasteiger partial charge in [0, 0.05) is 11.5 Å². The van der Waals surface area contributed by atoms with Crippen molar-refractivity contribution in [2.24, 2.45) is 5.92 Å². The van der Waals surface area contributed by atoms with Crippen LogP contribution in [0.5, 0.6) is 5.75 Å². The molecule has 0 spiro atoms. The third kappa shape index (κ3) is 10.2. The Morgan fingerprint density at radius 3 is 1.86 bits per heavy atom. The van der Waals surface area contributed by atoms with Crippen molar-refractivity contribution in [3.63, 3.8) is 0 Å². The second-order valence-electron chi connectivity index (χ2n) is 7.82. The van der Waals surface area contributed by atoms with E-state index in [1.54, 1.807) is 31.2 Å². The Balaban J connectivity index is 2.24. The predicted octanol–water partition coefficient (Wildman–Crippen LogP) is 2.71. The summed E-state index contributed by atoms with van der Waals surface area (Å²) in [7, 11) is 0. The molecule has 0 amide bonds. The van der Waals surface area contributed by atoms with Crippen LogP contribution < -0.4 is 4.74 Å². The molecule has 5 atom stereocenters. The van der Waals surface area contributed by atoms with Crippen LogP contribution in [0.25, 0.3) is 0 Å². The van der Waals surface area contributed by atoms with Crippen molar-refractivity contribution in [3.05, 3.63) is 29.8 Å². The highest BCUT2D eigenvalue weighted by Crippen LogP contribution is 2.18. The molecule has 0 saturated carbocycles. The van der Waals surface area contributed by atoms with Gasteiger partial charge in [-0.15, -0.1) is 0 Å². The van der Waals surface area contributed by atoms with E-state index in [-0.39, 0.29) is 11.7 Å². The van der Waals surface area contributed by atoms with Gasteiger partial charge in [-0.05, 0) is 76.6 Å². The first kappa shape index (κ1) is 24.6. The van der Waals surface area contributed by atoms with Gasteiger partial charge in [-0.25, -0.2) is 0 Å². The Bertz CT molecular complexity index is 557. The van der Waals surface area contributed by atoms with Gasteiger partial charge in [0.1, 0.15) is 5.75 Å². The van der Waals surface area contributed by atoms with E-state index in [1.165, 1.54) is 6.92 Å². The molecule has 0 aliphatic rings. The lowest BCUT2D eigenvalue weighted by molar-refractivity contribution is 0.0509. The first-order valence-electron chi connectivity index (χ1n) is 10.1. The summed E-state index contributed by atoms with van der Waals surface area (Å²) in [6, 6.07) is 6.90. The van der Waals surface area contributed by atoms with Crippen molar-refractivity contribution in [2.75, 3.05) is 6.61 Å². The van der Waals surface area contributed by atoms with Gasteiger partial charge in [0.15, 0.2) is 5.78 Å². The van der Waals surface area contributed by atoms with Crippen molar-refractivity contribution in [2.45, 2.75) is 83.7 Å². The zero-order valence-corrected chi connectivity index (χ0v) is 17.3. The fourth-order valence-corrected chi connectivity index (χ4v) is 2.88. The first-order valence-corrected chi connectivity index (χ1v) is 10.1. The quantitative estimate of drug-likeness (QED) is 0.360. The molecule has 28 heavy (non-hydrogen) atoms. The van der Waals surface area contributed by atoms with Crippen LogP contribution in [-0.4, -0.2) is 57.2 Å². The first-order chi connectivity index (χ1) is 13.2. The zero-order valence-electron chi connectivity index (χ0n) is 17.3. The molecule has 0 unspecified atom stereocenters. The van der Waals surface area contributed by atoms with E-state index in [0.717, 1.165) is 0 Å². The minimum Gasteiger partial charge on any atom is -0.493 e. The molecule has 160 valence electrons. The topological polar surface area (TPSA) is 107 Å². The highest BCUT2D eigenvalue weighted by Gasteiger charge is 2.18. The Morgan fingerprint density at radius 1 is 0.857 bits per heavy atom. The number of rotatable bonds is 14. The lowest BCUT2D eigenvalue weighted by atomic mass is 9.97. The SMILES string of the molecule is CC(=O)c1ccc(OC[C@H](C)[C@@H](O)CC[C@@H](O)CC[C@@H](O)CC[C@H](C)O)cc1. The van der Waals surface area contributed by atoms with Crippen LogP contribution in [0.15, 0.2) is 24.3 Å². The summed E-state index contributed by atoms with van der Waals surface area (Å²) in [5, 5.41) is 39.4. The number of hydrogen-bond donors (Lipinski definition) is 4. The third-order valence-electron chi connectivity index (χ3n) is 4.98. The Morgan fingerprint density at radius 2 is 1.36 bits per heavy atom. The molecule has 0 fully saturated rings. The highest BCUT2D eigenvalue weighted by atomic mass is 16.5. The molecule has 6 nitrogen and oxygen atoms in total. The van der Waals surface area contributed by atoms with Crippen molar-refractivity contribution in [1.29, 1.82) is 0 Å². The molecule has 0 heterocycles. The number of aliphatic hydroxyl groups is 4. The van der Waals surface area contributed by atoms with Crippen molar-refractivity contribution in [1.82, 2.24) is 0 Å². The summed E-state index contributed by atoms with van der Waals surface area (Å²) in [6.45, 7) is 5.43. The zero-order chi connectivity index (χ0) is 21.1. The van der Waals surface area contributed by atoms with Gasteiger partial charge in [-0.2, -0.15) is 0 Å². The molecular weight excluding hydrogens is 360 g/mol. The average molecular weight is 397 g/mol. The monoisotopic (exact) mass is 396 g/mol. The van der Waals surface area contributed by atoms with E-state index in [9.17, 15) is 25.2 Å². The maximum absolute atomic E-state index is 11.3. The molecular formula is C22H36O6. The summed E-state index contributed by atoms with van der Waals surface area (Å²) >= 11 is 0. The number of carbonyl (C=O) groups excluding carboxylic acids is 1. The molecule has 0 aromatic heterocycles. The molecule has 0 radical (unpaired) electrons. The number of ether oxygens (including phenoxy) is 1. The van der Waals surface area contributed by atoms with E-state index >= 15 is 0 Å². The number of ketones is 1. The maximum Gasteiger partial charge on any atom is 0.159 e. The average Bonchev–Trinajstić information content (AvgIpc) is 2.67. The molecule has 1 rings (SSSR count). The van der Waals surface area contributed by atoms with E-state index in [0.29, 0.717) is 56.4 Å². The van der Waals surface area contributed by atoms with Gasteiger partial charge in [-0.1, -0.05) is 6.92 Å². The van der Waals surface area contributed by atoms with E-state index in [4.69, 9.17) is 4.74 Å². The molecule has 0 aliphatic heterocycles. The molecule has 1 aromatic carbocycles. The van der Waals surface area contributed by atoms with Gasteiger partial charge in [0.2, 0.25) is 0 Å². The van der Waals surface area contributed by atoms with E-state index in [2.05, 4.69) is 0 Å². The summed E-state index contributed by atoms with van der Waals surface area (Å²) in [5.74, 6) is 0.552. The fraction of sp³-hybridized carbons (Fsp3) is 0.682. The summed E-state index contributed by atoms with van der Waals surface area (Å²) in [6.07, 6.45) is 0.844. The van der Waals surface area contributed by atoms with E-state index in [1.807, 2.05) is 6.92 Å². The molecule has 6 heteroatoms. The highest BCUT2D eigenvalue weighted by molar-refractivity contribution is 5.94. The minimum atomic E-state index is -0.591. The summed E-state index contributed by atoms with van der Waals surface area (Å²) in [5.41, 5.74) is 0.630. The predicted molar refractivity (Wildman–Crippen MR) is 109 cm³/mol. The fourth-order valence-electron chi connectivity index (χ4n) is 2.88. The smallest absolute Gasteiger partial charge is 0.159 e. The number of benzene rings is 1. The van der Waals surface area contributed by atoms with Crippen LogP contribution in [0.2, 0.25) is 0 Å². The van der Waals surface area contributed by atoms with Gasteiger partial charge in [0.05, 0.1) is 31.0 Å². The number of aliphatic hydroxyl groups excluding tert-OH is 4. The van der Waals surface area contributed by atoms with Crippen LogP contribution in [0.1, 0.15) is 69.7 Å². The van der Waals surface area contributed by atoms with E-state index < -0.39 is 24.4 Å². The second kappa shape index (κ2) is 12.9. The Hall–Kier alpha value is -1.47. The number of Topliss-reactive ketones (excluding diaryl/α,β-unsaturated/α-hetero) is 1. The van der Waals surface area contributed by atoms with Gasteiger partial charge < -0.3 is 25.2 Å². The van der Waals surface area contributed by atoms with Crippen molar-refractivity contribution in [3.8, 4) is 5.75 Å². The van der Waals surface area contributed by atoms with Crippen LogP contribution >= 0.6 is 0 Å². The normalized spacial score (nSPS) is 16.8. The van der Waals surface area contributed by atoms with Gasteiger partial charge in [-0.3, -0.25) is 4.79 Å². The molecule has 1 aromatic rings. The van der Waals surface area contributed by atoms with Crippen molar-refractivity contribution >= 4 is 5.78 Å². The number of hydrogen-bond acceptors (Lipinski definition) is 6. The molecule has 0 aliphatic carbocycles. The second-order valence-corrected chi connectivity index (χ2v) is 7.82. The maximum atomic E-state index is 11.3.